The van der Waals surface area contributed by atoms with Crippen molar-refractivity contribution in [1.82, 2.24) is 19.8 Å². The average molecular weight is 339 g/mol. The number of rotatable bonds is 4. The molecule has 1 N–H and O–H groups in total. The number of piperazine rings is 1. The number of aromatic nitrogens is 2. The van der Waals surface area contributed by atoms with Crippen molar-refractivity contribution in [2.24, 2.45) is 0 Å². The minimum absolute atomic E-state index is 0.142. The third-order valence-corrected chi connectivity index (χ3v) is 4.29. The normalized spacial score (nSPS) is 14.3. The highest BCUT2D eigenvalue weighted by atomic mass is 16.2. The van der Waals surface area contributed by atoms with E-state index in [1.807, 2.05) is 26.0 Å². The number of carbonyl (C=O) groups is 2. The number of benzene rings is 1. The van der Waals surface area contributed by atoms with Gasteiger partial charge in [-0.25, -0.2) is 9.97 Å². The second kappa shape index (κ2) is 7.29. The minimum Gasteiger partial charge on any atom is -0.342 e. The summed E-state index contributed by atoms with van der Waals surface area (Å²) in [4.78, 5) is 35.1. The Hall–Kier alpha value is -2.96. The first-order valence-electron chi connectivity index (χ1n) is 8.22. The molecule has 0 saturated carbocycles. The quantitative estimate of drug-likeness (QED) is 0.859. The molecule has 7 heteroatoms. The molecular formula is C18H21N5O2. The van der Waals surface area contributed by atoms with Gasteiger partial charge in [-0.3, -0.25) is 9.59 Å². The molecule has 1 fully saturated rings. The Bertz CT molecular complexity index is 785. The highest BCUT2D eigenvalue weighted by Crippen LogP contribution is 2.21. The van der Waals surface area contributed by atoms with Gasteiger partial charge in [0.25, 0.3) is 5.91 Å². The Morgan fingerprint density at radius 1 is 1.12 bits per heavy atom. The summed E-state index contributed by atoms with van der Waals surface area (Å²) in [6.45, 7) is 6.17. The smallest absolute Gasteiger partial charge is 0.272 e. The number of hydrogen-bond donors (Lipinski definition) is 1. The molecule has 2 heterocycles. The molecule has 25 heavy (non-hydrogen) atoms. The number of hydrogen-bond acceptors (Lipinski definition) is 5. The Morgan fingerprint density at radius 2 is 1.88 bits per heavy atom. The molecule has 0 unspecified atom stereocenters. The van der Waals surface area contributed by atoms with Gasteiger partial charge in [-0.15, -0.1) is 0 Å². The molecule has 2 amide bonds. The van der Waals surface area contributed by atoms with E-state index < -0.39 is 0 Å². The maximum absolute atomic E-state index is 12.6. The van der Waals surface area contributed by atoms with Gasteiger partial charge in [0.2, 0.25) is 6.41 Å². The Labute approximate surface area is 146 Å². The van der Waals surface area contributed by atoms with Crippen LogP contribution in [0.25, 0.3) is 0 Å². The molecule has 1 aliphatic heterocycles. The summed E-state index contributed by atoms with van der Waals surface area (Å²) >= 11 is 0. The van der Waals surface area contributed by atoms with Crippen LogP contribution in [0.2, 0.25) is 0 Å². The fourth-order valence-corrected chi connectivity index (χ4v) is 2.74. The zero-order valence-electron chi connectivity index (χ0n) is 14.4. The van der Waals surface area contributed by atoms with Crippen LogP contribution in [0.4, 0.5) is 11.5 Å². The van der Waals surface area contributed by atoms with Gasteiger partial charge < -0.3 is 15.1 Å². The van der Waals surface area contributed by atoms with E-state index in [1.54, 1.807) is 15.9 Å². The van der Waals surface area contributed by atoms with E-state index in [9.17, 15) is 9.59 Å². The number of amides is 2. The highest BCUT2D eigenvalue weighted by Gasteiger charge is 2.22. The first-order chi connectivity index (χ1) is 12.1. The number of anilines is 2. The lowest BCUT2D eigenvalue weighted by molar-refractivity contribution is -0.119. The van der Waals surface area contributed by atoms with E-state index in [2.05, 4.69) is 21.4 Å². The number of aryl methyl sites for hydroxylation is 2. The first-order valence-corrected chi connectivity index (χ1v) is 8.22. The van der Waals surface area contributed by atoms with Crippen molar-refractivity contribution < 1.29 is 9.59 Å². The predicted octanol–water partition coefficient (Wildman–Crippen LogP) is 1.75. The van der Waals surface area contributed by atoms with Crippen molar-refractivity contribution in [3.63, 3.8) is 0 Å². The molecule has 3 rings (SSSR count). The van der Waals surface area contributed by atoms with E-state index in [0.29, 0.717) is 37.7 Å². The van der Waals surface area contributed by atoms with Crippen LogP contribution in [0.15, 0.2) is 30.6 Å². The fourth-order valence-electron chi connectivity index (χ4n) is 2.74. The number of carbonyl (C=O) groups excluding carboxylic acids is 2. The van der Waals surface area contributed by atoms with Crippen molar-refractivity contribution in [3.05, 3.63) is 47.4 Å². The molecule has 130 valence electrons. The molecule has 0 radical (unpaired) electrons. The third kappa shape index (κ3) is 3.93. The maximum Gasteiger partial charge on any atom is 0.272 e. The summed E-state index contributed by atoms with van der Waals surface area (Å²) in [7, 11) is 0. The third-order valence-electron chi connectivity index (χ3n) is 4.29. The fraction of sp³-hybridized carbons (Fsp3) is 0.333. The summed E-state index contributed by atoms with van der Waals surface area (Å²) in [5.74, 6) is 0.440. The van der Waals surface area contributed by atoms with Gasteiger partial charge in [0.1, 0.15) is 17.8 Å². The summed E-state index contributed by atoms with van der Waals surface area (Å²) < 4.78 is 0. The van der Waals surface area contributed by atoms with Gasteiger partial charge in [-0.05, 0) is 31.0 Å². The summed E-state index contributed by atoms with van der Waals surface area (Å²) in [5, 5.41) is 3.25. The van der Waals surface area contributed by atoms with Crippen molar-refractivity contribution in [1.29, 1.82) is 0 Å². The van der Waals surface area contributed by atoms with E-state index in [0.717, 1.165) is 23.2 Å². The van der Waals surface area contributed by atoms with Gasteiger partial charge in [0.05, 0.1) is 0 Å². The summed E-state index contributed by atoms with van der Waals surface area (Å²) in [6, 6.07) is 7.79. The molecular weight excluding hydrogens is 318 g/mol. The zero-order valence-corrected chi connectivity index (χ0v) is 14.4. The molecule has 0 spiro atoms. The minimum atomic E-state index is -0.142. The topological polar surface area (TPSA) is 78.4 Å². The Morgan fingerprint density at radius 3 is 2.60 bits per heavy atom. The van der Waals surface area contributed by atoms with Crippen LogP contribution in [-0.2, 0) is 4.79 Å². The van der Waals surface area contributed by atoms with Crippen LogP contribution >= 0.6 is 0 Å². The molecule has 0 aliphatic carbocycles. The van der Waals surface area contributed by atoms with E-state index in [4.69, 9.17) is 0 Å². The second-order valence-corrected chi connectivity index (χ2v) is 6.17. The van der Waals surface area contributed by atoms with Crippen LogP contribution in [0.5, 0.6) is 0 Å². The van der Waals surface area contributed by atoms with Gasteiger partial charge in [0.15, 0.2) is 0 Å². The summed E-state index contributed by atoms with van der Waals surface area (Å²) in [6.07, 6.45) is 2.21. The lowest BCUT2D eigenvalue weighted by Gasteiger charge is -2.32. The monoisotopic (exact) mass is 339 g/mol. The van der Waals surface area contributed by atoms with E-state index in [-0.39, 0.29) is 5.91 Å². The van der Waals surface area contributed by atoms with Gasteiger partial charge in [-0.2, -0.15) is 0 Å². The molecule has 7 nitrogen and oxygen atoms in total. The lowest BCUT2D eigenvalue weighted by Crippen LogP contribution is -2.48. The second-order valence-electron chi connectivity index (χ2n) is 6.17. The standard InChI is InChI=1S/C18H21N5O2/c1-13-3-4-14(2)15(9-13)21-17-10-16(19-11-20-17)18(25)23-7-5-22(12-24)6-8-23/h3-4,9-12H,5-8H2,1-2H3,(H,19,20,21). The molecule has 1 aliphatic rings. The molecule has 1 saturated heterocycles. The van der Waals surface area contributed by atoms with Gasteiger partial charge in [0, 0.05) is 37.9 Å². The number of nitrogens with one attached hydrogen (secondary N) is 1. The van der Waals surface area contributed by atoms with Crippen molar-refractivity contribution in [3.8, 4) is 0 Å². The van der Waals surface area contributed by atoms with Crippen LogP contribution in [0, 0.1) is 13.8 Å². The maximum atomic E-state index is 12.6. The lowest BCUT2D eigenvalue weighted by atomic mass is 10.1. The van der Waals surface area contributed by atoms with Crippen molar-refractivity contribution in [2.75, 3.05) is 31.5 Å². The Balaban J connectivity index is 1.74. The van der Waals surface area contributed by atoms with Crippen LogP contribution < -0.4 is 5.32 Å². The molecule has 2 aromatic rings. The first kappa shape index (κ1) is 16.9. The van der Waals surface area contributed by atoms with E-state index >= 15 is 0 Å². The van der Waals surface area contributed by atoms with Gasteiger partial charge >= 0.3 is 0 Å². The predicted molar refractivity (Wildman–Crippen MR) is 94.8 cm³/mol. The van der Waals surface area contributed by atoms with E-state index in [1.165, 1.54) is 6.33 Å². The Kier molecular flexibility index (Phi) is 4.92. The molecule has 1 aromatic carbocycles. The number of nitrogens with zero attached hydrogens (tertiary/aromatic N) is 4. The molecule has 0 atom stereocenters. The molecule has 1 aromatic heterocycles. The van der Waals surface area contributed by atoms with Crippen molar-refractivity contribution >= 4 is 23.8 Å². The average Bonchev–Trinajstić information content (AvgIpc) is 2.64. The SMILES string of the molecule is Cc1ccc(C)c(Nc2cc(C(=O)N3CCN(C=O)CC3)ncn2)c1. The van der Waals surface area contributed by atoms with Crippen LogP contribution in [-0.4, -0.2) is 58.3 Å². The van der Waals surface area contributed by atoms with Gasteiger partial charge in [-0.1, -0.05) is 12.1 Å². The van der Waals surface area contributed by atoms with Crippen molar-refractivity contribution in [2.45, 2.75) is 13.8 Å². The van der Waals surface area contributed by atoms with Crippen LogP contribution in [0.1, 0.15) is 21.6 Å². The summed E-state index contributed by atoms with van der Waals surface area (Å²) in [5.41, 5.74) is 3.55. The largest absolute Gasteiger partial charge is 0.342 e. The molecule has 0 bridgehead atoms. The highest BCUT2D eigenvalue weighted by molar-refractivity contribution is 5.93. The zero-order chi connectivity index (χ0) is 17.8. The van der Waals surface area contributed by atoms with Crippen LogP contribution in [0.3, 0.4) is 0 Å².